The number of nitrogens with zero attached hydrogens (tertiary/aromatic N) is 2. The van der Waals surface area contributed by atoms with Gasteiger partial charge in [0.05, 0.1) is 17.9 Å². The highest BCUT2D eigenvalue weighted by Gasteiger charge is 2.14. The Balaban J connectivity index is 1.85. The fraction of sp³-hybridized carbons (Fsp3) is 0.238. The van der Waals surface area contributed by atoms with Gasteiger partial charge in [-0.25, -0.2) is 9.07 Å². The van der Waals surface area contributed by atoms with Gasteiger partial charge >= 0.3 is 0 Å². The first-order valence-corrected chi connectivity index (χ1v) is 9.20. The Morgan fingerprint density at radius 3 is 2.59 bits per heavy atom. The molecule has 0 spiro atoms. The molecule has 0 fully saturated rings. The number of nitrogens with two attached hydrogens (primary N) is 1. The molecule has 0 aliphatic carbocycles. The summed E-state index contributed by atoms with van der Waals surface area (Å²) in [4.78, 5) is 12.3. The van der Waals surface area contributed by atoms with Crippen LogP contribution in [0.4, 0.5) is 10.2 Å². The minimum Gasteiger partial charge on any atom is -0.338 e. The minimum absolute atomic E-state index is 0.0889. The van der Waals surface area contributed by atoms with E-state index in [0.717, 1.165) is 30.6 Å². The number of carbonyl (C=O) groups excluding carboxylic acids is 1. The van der Waals surface area contributed by atoms with Crippen molar-refractivity contribution < 1.29 is 14.5 Å². The van der Waals surface area contributed by atoms with Crippen LogP contribution in [0.15, 0.2) is 60.7 Å². The molecule has 5 nitrogen and oxygen atoms in total. The van der Waals surface area contributed by atoms with Crippen LogP contribution in [0.1, 0.15) is 19.8 Å². The number of hydrogen-bond donors (Lipinski definition) is 2. The summed E-state index contributed by atoms with van der Waals surface area (Å²) in [5, 5.41) is 9.54. The molecule has 0 atom stereocenters. The lowest BCUT2D eigenvalue weighted by Crippen LogP contribution is -2.86. The number of rotatable bonds is 8. The van der Waals surface area contributed by atoms with Crippen molar-refractivity contribution >= 4 is 11.7 Å². The van der Waals surface area contributed by atoms with E-state index in [0.29, 0.717) is 18.1 Å². The number of hydrogen-bond acceptors (Lipinski definition) is 2. The van der Waals surface area contributed by atoms with Crippen molar-refractivity contribution in [2.24, 2.45) is 0 Å². The number of carbonyl (C=O) groups is 1. The van der Waals surface area contributed by atoms with Gasteiger partial charge < -0.3 is 10.6 Å². The van der Waals surface area contributed by atoms with Gasteiger partial charge in [-0.3, -0.25) is 4.79 Å². The number of amides is 1. The van der Waals surface area contributed by atoms with Gasteiger partial charge in [0, 0.05) is 11.6 Å². The van der Waals surface area contributed by atoms with Crippen molar-refractivity contribution in [2.45, 2.75) is 19.8 Å². The van der Waals surface area contributed by atoms with E-state index >= 15 is 0 Å². The molecule has 0 saturated carbocycles. The molecule has 3 rings (SSSR count). The molecular weight excluding hydrogens is 343 g/mol. The summed E-state index contributed by atoms with van der Waals surface area (Å²) in [6.07, 6.45) is 2.19. The lowest BCUT2D eigenvalue weighted by molar-refractivity contribution is -0.643. The fourth-order valence-electron chi connectivity index (χ4n) is 2.77. The van der Waals surface area contributed by atoms with Crippen molar-refractivity contribution in [3.8, 4) is 16.9 Å². The number of aromatic nitrogens is 2. The first kappa shape index (κ1) is 18.8. The fourth-order valence-corrected chi connectivity index (χ4v) is 2.77. The molecular formula is C21H24FN4O+. The van der Waals surface area contributed by atoms with Crippen LogP contribution >= 0.6 is 0 Å². The maximum Gasteiger partial charge on any atom is 0.280 e. The van der Waals surface area contributed by atoms with E-state index in [1.807, 2.05) is 41.7 Å². The van der Waals surface area contributed by atoms with Gasteiger partial charge in [-0.1, -0.05) is 43.7 Å². The van der Waals surface area contributed by atoms with Gasteiger partial charge in [0.25, 0.3) is 5.91 Å². The predicted molar refractivity (Wildman–Crippen MR) is 104 cm³/mol. The highest BCUT2D eigenvalue weighted by atomic mass is 19.1. The normalized spacial score (nSPS) is 10.7. The lowest BCUT2D eigenvalue weighted by Gasteiger charge is -2.08. The molecule has 140 valence electrons. The van der Waals surface area contributed by atoms with E-state index < -0.39 is 0 Å². The monoisotopic (exact) mass is 367 g/mol. The van der Waals surface area contributed by atoms with Crippen LogP contribution < -0.4 is 10.6 Å². The standard InChI is InChI=1S/C21H23FN4O/c1-2-3-13-23-15-21(27)24-20-14-19(16-7-5-4-6-8-16)25-26(20)18-11-9-17(22)10-12-18/h4-12,14,23H,2-3,13,15H2,1H3,(H,24,27)/p+1. The second-order valence-corrected chi connectivity index (χ2v) is 6.35. The van der Waals surface area contributed by atoms with E-state index in [9.17, 15) is 9.18 Å². The zero-order chi connectivity index (χ0) is 19.1. The Morgan fingerprint density at radius 1 is 1.15 bits per heavy atom. The number of nitrogens with one attached hydrogen (secondary N) is 1. The van der Waals surface area contributed by atoms with Gasteiger partial charge in [-0.15, -0.1) is 0 Å². The first-order chi connectivity index (χ1) is 13.2. The first-order valence-electron chi connectivity index (χ1n) is 9.20. The molecule has 2 aromatic carbocycles. The number of halogens is 1. The molecule has 3 aromatic rings. The molecule has 0 aliphatic heterocycles. The summed E-state index contributed by atoms with van der Waals surface area (Å²) < 4.78 is 14.9. The molecule has 0 unspecified atom stereocenters. The van der Waals surface area contributed by atoms with Crippen LogP contribution in [0, 0.1) is 5.82 Å². The van der Waals surface area contributed by atoms with Gasteiger partial charge in [0.2, 0.25) is 0 Å². The van der Waals surface area contributed by atoms with Crippen LogP contribution in [0.3, 0.4) is 0 Å². The molecule has 6 heteroatoms. The largest absolute Gasteiger partial charge is 0.338 e. The third-order valence-corrected chi connectivity index (χ3v) is 4.21. The second kappa shape index (κ2) is 9.09. The molecule has 1 heterocycles. The van der Waals surface area contributed by atoms with Crippen molar-refractivity contribution in [1.82, 2.24) is 9.78 Å². The third-order valence-electron chi connectivity index (χ3n) is 4.21. The minimum atomic E-state index is -0.315. The Kier molecular flexibility index (Phi) is 6.33. The maximum absolute atomic E-state index is 13.3. The van der Waals surface area contributed by atoms with Crippen molar-refractivity contribution in [3.05, 3.63) is 66.5 Å². The summed E-state index contributed by atoms with van der Waals surface area (Å²) in [6.45, 7) is 3.41. The van der Waals surface area contributed by atoms with Crippen molar-refractivity contribution in [1.29, 1.82) is 0 Å². The summed E-state index contributed by atoms with van der Waals surface area (Å²) in [6, 6.07) is 17.6. The SMILES string of the molecule is CCCC[NH2+]CC(=O)Nc1cc(-c2ccccc2)nn1-c1ccc(F)cc1. The Labute approximate surface area is 158 Å². The molecule has 0 saturated heterocycles. The van der Waals surface area contributed by atoms with Crippen molar-refractivity contribution in [2.75, 3.05) is 18.4 Å². The van der Waals surface area contributed by atoms with E-state index in [2.05, 4.69) is 17.3 Å². The summed E-state index contributed by atoms with van der Waals surface area (Å²) in [5.41, 5.74) is 2.37. The topological polar surface area (TPSA) is 63.5 Å². The average molecular weight is 367 g/mol. The Bertz CT molecular complexity index is 875. The van der Waals surface area contributed by atoms with Crippen LogP contribution in [0.5, 0.6) is 0 Å². The molecule has 1 aromatic heterocycles. The van der Waals surface area contributed by atoms with Gasteiger partial charge in [0.15, 0.2) is 6.54 Å². The number of quaternary nitrogens is 1. The van der Waals surface area contributed by atoms with Crippen LogP contribution in [-0.2, 0) is 4.79 Å². The number of benzene rings is 2. The molecule has 27 heavy (non-hydrogen) atoms. The van der Waals surface area contributed by atoms with Gasteiger partial charge in [0.1, 0.15) is 11.6 Å². The number of anilines is 1. The van der Waals surface area contributed by atoms with E-state index in [4.69, 9.17) is 0 Å². The predicted octanol–water partition coefficient (Wildman–Crippen LogP) is 2.98. The average Bonchev–Trinajstić information content (AvgIpc) is 3.10. The number of unbranched alkanes of at least 4 members (excludes halogenated alkanes) is 1. The zero-order valence-electron chi connectivity index (χ0n) is 15.4. The third kappa shape index (κ3) is 5.01. The van der Waals surface area contributed by atoms with Gasteiger partial charge in [-0.05, 0) is 30.7 Å². The van der Waals surface area contributed by atoms with E-state index in [1.54, 1.807) is 16.8 Å². The molecule has 3 N–H and O–H groups in total. The highest BCUT2D eigenvalue weighted by molar-refractivity contribution is 5.91. The lowest BCUT2D eigenvalue weighted by atomic mass is 10.2. The van der Waals surface area contributed by atoms with Crippen LogP contribution in [0.25, 0.3) is 16.9 Å². The Hall–Kier alpha value is -2.99. The quantitative estimate of drug-likeness (QED) is 0.601. The van der Waals surface area contributed by atoms with E-state index in [-0.39, 0.29) is 11.7 Å². The summed E-state index contributed by atoms with van der Waals surface area (Å²) in [5.74, 6) is 0.161. The molecule has 0 radical (unpaired) electrons. The van der Waals surface area contributed by atoms with Gasteiger partial charge in [-0.2, -0.15) is 5.10 Å². The maximum atomic E-state index is 13.3. The summed E-state index contributed by atoms with van der Waals surface area (Å²) >= 11 is 0. The van der Waals surface area contributed by atoms with Crippen molar-refractivity contribution in [3.63, 3.8) is 0 Å². The highest BCUT2D eigenvalue weighted by Crippen LogP contribution is 2.24. The summed E-state index contributed by atoms with van der Waals surface area (Å²) in [7, 11) is 0. The zero-order valence-corrected chi connectivity index (χ0v) is 15.4. The molecule has 0 aliphatic rings. The smallest absolute Gasteiger partial charge is 0.280 e. The Morgan fingerprint density at radius 2 is 1.89 bits per heavy atom. The second-order valence-electron chi connectivity index (χ2n) is 6.35. The molecule has 0 bridgehead atoms. The van der Waals surface area contributed by atoms with Crippen LogP contribution in [-0.4, -0.2) is 28.8 Å². The van der Waals surface area contributed by atoms with E-state index in [1.165, 1.54) is 12.1 Å². The van der Waals surface area contributed by atoms with Crippen LogP contribution in [0.2, 0.25) is 0 Å². The molecule has 1 amide bonds.